The summed E-state index contributed by atoms with van der Waals surface area (Å²) in [6.07, 6.45) is 31.7. The summed E-state index contributed by atoms with van der Waals surface area (Å²) in [5, 5.41) is 0. The molecule has 0 saturated heterocycles. The molecule has 0 unspecified atom stereocenters. The lowest BCUT2D eigenvalue weighted by molar-refractivity contribution is -0.697. The second kappa shape index (κ2) is 22.7. The second-order valence-electron chi connectivity index (χ2n) is 9.55. The quantitative estimate of drug-likeness (QED) is 0.173. The summed E-state index contributed by atoms with van der Waals surface area (Å²) in [6.45, 7) is 6.63. The third-order valence-corrected chi connectivity index (χ3v) is 6.75. The fourth-order valence-corrected chi connectivity index (χ4v) is 4.50. The van der Waals surface area contributed by atoms with Crippen LogP contribution in [0.4, 0.5) is 0 Å². The normalized spacial score (nSPS) is 10.5. The Labute approximate surface area is 232 Å². The minimum absolute atomic E-state index is 0. The van der Waals surface area contributed by atoms with Gasteiger partial charge < -0.3 is 34.0 Å². The smallest absolute Gasteiger partial charge is 0.169 e. The van der Waals surface area contributed by atoms with E-state index < -0.39 is 0 Å². The van der Waals surface area contributed by atoms with Gasteiger partial charge in [0.05, 0.1) is 0 Å². The second-order valence-corrected chi connectivity index (χ2v) is 9.55. The van der Waals surface area contributed by atoms with Crippen LogP contribution in [0.15, 0.2) is 49.1 Å². The van der Waals surface area contributed by atoms with Crippen molar-refractivity contribution in [3.63, 3.8) is 0 Å². The zero-order valence-electron chi connectivity index (χ0n) is 22.0. The zero-order chi connectivity index (χ0) is 22.7. The predicted molar refractivity (Wildman–Crippen MR) is 137 cm³/mol. The maximum Gasteiger partial charge on any atom is 0.169 e. The highest BCUT2D eigenvalue weighted by Crippen LogP contribution is 2.16. The van der Waals surface area contributed by atoms with Crippen molar-refractivity contribution >= 4 is 0 Å². The van der Waals surface area contributed by atoms with E-state index in [1.54, 1.807) is 0 Å². The molecule has 0 aliphatic rings. The number of hydrogen-bond donors (Lipinski definition) is 0. The van der Waals surface area contributed by atoms with Crippen molar-refractivity contribution in [3.8, 4) is 11.1 Å². The Balaban J connectivity index is 0.00000544. The molecule has 0 spiro atoms. The molecule has 0 aliphatic heterocycles. The van der Waals surface area contributed by atoms with Gasteiger partial charge in [0.1, 0.15) is 13.1 Å². The summed E-state index contributed by atoms with van der Waals surface area (Å²) in [7, 11) is 0. The highest BCUT2D eigenvalue weighted by atomic mass is 79.9. The molecule has 0 amide bonds. The Kier molecular flexibility index (Phi) is 22.2. The van der Waals surface area contributed by atoms with Crippen molar-refractivity contribution in [1.29, 1.82) is 0 Å². The fraction of sp³-hybridized carbons (Fsp3) is 0.667. The van der Waals surface area contributed by atoms with Gasteiger partial charge in [0.25, 0.3) is 0 Å². The molecule has 0 saturated carbocycles. The summed E-state index contributed by atoms with van der Waals surface area (Å²) in [4.78, 5) is 0. The molecule has 0 aromatic carbocycles. The van der Waals surface area contributed by atoms with E-state index in [1.165, 1.54) is 114 Å². The van der Waals surface area contributed by atoms with Gasteiger partial charge >= 0.3 is 0 Å². The van der Waals surface area contributed by atoms with E-state index >= 15 is 0 Å². The summed E-state index contributed by atoms with van der Waals surface area (Å²) in [6, 6.07) is 8.91. The largest absolute Gasteiger partial charge is 1.00 e. The highest BCUT2D eigenvalue weighted by molar-refractivity contribution is 5.60. The lowest BCUT2D eigenvalue weighted by Gasteiger charge is -2.03. The van der Waals surface area contributed by atoms with E-state index in [-0.39, 0.29) is 34.0 Å². The van der Waals surface area contributed by atoms with Gasteiger partial charge in [-0.05, 0) is 24.5 Å². The summed E-state index contributed by atoms with van der Waals surface area (Å²) < 4.78 is 4.53. The van der Waals surface area contributed by atoms with E-state index in [9.17, 15) is 0 Å². The topological polar surface area (TPSA) is 7.76 Å². The van der Waals surface area contributed by atoms with Crippen LogP contribution in [0.3, 0.4) is 0 Å². The Bertz CT molecular complexity index is 686. The van der Waals surface area contributed by atoms with Crippen LogP contribution in [0, 0.1) is 0 Å². The summed E-state index contributed by atoms with van der Waals surface area (Å²) >= 11 is 0. The van der Waals surface area contributed by atoms with Crippen LogP contribution in [0.5, 0.6) is 0 Å². The average molecular weight is 599 g/mol. The summed E-state index contributed by atoms with van der Waals surface area (Å²) in [5.74, 6) is 0. The third-order valence-electron chi connectivity index (χ3n) is 6.75. The number of aromatic nitrogens is 2. The number of halogens is 2. The first-order chi connectivity index (χ1) is 15.8. The first kappa shape index (κ1) is 33.3. The maximum atomic E-state index is 2.34. The van der Waals surface area contributed by atoms with Crippen LogP contribution >= 0.6 is 0 Å². The van der Waals surface area contributed by atoms with Crippen LogP contribution in [-0.4, -0.2) is 0 Å². The van der Waals surface area contributed by atoms with Crippen LogP contribution < -0.4 is 43.1 Å². The minimum Gasteiger partial charge on any atom is -1.00 e. The van der Waals surface area contributed by atoms with Gasteiger partial charge in [-0.25, -0.2) is 9.13 Å². The van der Waals surface area contributed by atoms with Gasteiger partial charge in [0, 0.05) is 30.7 Å². The van der Waals surface area contributed by atoms with Crippen molar-refractivity contribution in [2.24, 2.45) is 0 Å². The first-order valence-electron chi connectivity index (χ1n) is 13.8. The molecule has 2 aromatic heterocycles. The number of hydrogen-bond acceptors (Lipinski definition) is 0. The van der Waals surface area contributed by atoms with E-state index in [4.69, 9.17) is 0 Å². The van der Waals surface area contributed by atoms with Crippen molar-refractivity contribution in [2.75, 3.05) is 0 Å². The standard InChI is InChI=1S/C30H50N2.2BrH/c1-3-5-6-7-8-9-10-11-12-13-14-15-16-17-18-19-24-32-27-22-30(23-28-32)29-20-25-31(4-2)26-21-29;;/h20-23,25-28H,3-19,24H2,1-2H3;2*1H/q+2;;/p-2. The molecule has 0 aliphatic carbocycles. The zero-order valence-corrected chi connectivity index (χ0v) is 25.2. The van der Waals surface area contributed by atoms with E-state index in [0.717, 1.165) is 13.1 Å². The van der Waals surface area contributed by atoms with Crippen LogP contribution in [0.1, 0.15) is 117 Å². The van der Waals surface area contributed by atoms with Gasteiger partial charge in [-0.1, -0.05) is 96.8 Å². The Morgan fingerprint density at radius 2 is 0.765 bits per heavy atom. The molecule has 4 heteroatoms. The Morgan fingerprint density at radius 1 is 0.441 bits per heavy atom. The molecular formula is C30H50Br2N2. The van der Waals surface area contributed by atoms with Crippen molar-refractivity contribution in [2.45, 2.75) is 130 Å². The van der Waals surface area contributed by atoms with Crippen molar-refractivity contribution < 1.29 is 43.1 Å². The molecule has 2 nitrogen and oxygen atoms in total. The first-order valence-corrected chi connectivity index (χ1v) is 13.8. The highest BCUT2D eigenvalue weighted by Gasteiger charge is 2.05. The predicted octanol–water partition coefficient (Wildman–Crippen LogP) is 2.22. The van der Waals surface area contributed by atoms with Gasteiger partial charge in [-0.15, -0.1) is 0 Å². The molecule has 194 valence electrons. The molecular weight excluding hydrogens is 548 g/mol. The molecule has 2 aromatic rings. The van der Waals surface area contributed by atoms with Crippen LogP contribution in [-0.2, 0) is 13.1 Å². The number of pyridine rings is 2. The minimum atomic E-state index is 0. The number of unbranched alkanes of at least 4 members (excludes halogenated alkanes) is 15. The van der Waals surface area contributed by atoms with Gasteiger partial charge in [0.2, 0.25) is 0 Å². The average Bonchev–Trinajstić information content (AvgIpc) is 2.84. The summed E-state index contributed by atoms with van der Waals surface area (Å²) in [5.41, 5.74) is 2.60. The third kappa shape index (κ3) is 15.3. The Hall–Kier alpha value is -0.740. The SMILES string of the molecule is CCCCCCCCCCCCCCCCCC[n+]1ccc(-c2cc[n+](CC)cc2)cc1.[Br-].[Br-]. The van der Waals surface area contributed by atoms with E-state index in [0.29, 0.717) is 0 Å². The lowest BCUT2D eigenvalue weighted by atomic mass is 10.0. The van der Waals surface area contributed by atoms with Crippen molar-refractivity contribution in [1.82, 2.24) is 0 Å². The Morgan fingerprint density at radius 3 is 1.12 bits per heavy atom. The molecule has 0 fully saturated rings. The molecule has 34 heavy (non-hydrogen) atoms. The molecule has 0 radical (unpaired) electrons. The van der Waals surface area contributed by atoms with Crippen LogP contribution in [0.25, 0.3) is 11.1 Å². The van der Waals surface area contributed by atoms with Gasteiger partial charge in [-0.2, -0.15) is 0 Å². The number of rotatable bonds is 19. The van der Waals surface area contributed by atoms with Gasteiger partial charge in [-0.3, -0.25) is 0 Å². The maximum absolute atomic E-state index is 2.34. The lowest BCUT2D eigenvalue weighted by Crippen LogP contribution is -3.00. The number of nitrogens with zero attached hydrogens (tertiary/aromatic N) is 2. The van der Waals surface area contributed by atoms with Crippen molar-refractivity contribution in [3.05, 3.63) is 49.1 Å². The van der Waals surface area contributed by atoms with E-state index in [2.05, 4.69) is 72.0 Å². The van der Waals surface area contributed by atoms with E-state index in [1.807, 2.05) is 0 Å². The fourth-order valence-electron chi connectivity index (χ4n) is 4.50. The van der Waals surface area contributed by atoms with Crippen LogP contribution in [0.2, 0.25) is 0 Å². The monoisotopic (exact) mass is 596 g/mol. The molecule has 0 bridgehead atoms. The molecule has 0 N–H and O–H groups in total. The molecule has 2 heterocycles. The van der Waals surface area contributed by atoms with Gasteiger partial charge in [0.15, 0.2) is 24.8 Å². The molecule has 0 atom stereocenters. The number of aryl methyl sites for hydroxylation is 2. The molecule has 2 rings (SSSR count).